The fourth-order valence-electron chi connectivity index (χ4n) is 2.84. The van der Waals surface area contributed by atoms with Crippen LogP contribution in [0, 0.1) is 13.8 Å². The van der Waals surface area contributed by atoms with Gasteiger partial charge in [0.2, 0.25) is 0 Å². The summed E-state index contributed by atoms with van der Waals surface area (Å²) in [4.78, 5) is 28.5. The second kappa shape index (κ2) is 6.00. The summed E-state index contributed by atoms with van der Waals surface area (Å²) >= 11 is 1.41. The highest BCUT2D eigenvalue weighted by Gasteiger charge is 2.33. The molecule has 1 fully saturated rings. The lowest BCUT2D eigenvalue weighted by molar-refractivity contribution is 0.0736. The van der Waals surface area contributed by atoms with Crippen molar-refractivity contribution in [2.75, 3.05) is 18.9 Å². The molecule has 0 aliphatic carbocycles. The summed E-state index contributed by atoms with van der Waals surface area (Å²) in [5, 5.41) is 3.05. The Morgan fingerprint density at radius 3 is 2.91 bits per heavy atom. The van der Waals surface area contributed by atoms with E-state index in [9.17, 15) is 4.79 Å². The van der Waals surface area contributed by atoms with Gasteiger partial charge in [-0.15, -0.1) is 11.3 Å². The largest absolute Gasteiger partial charge is 0.373 e. The normalized spacial score (nSPS) is 17.8. The SMILES string of the molecule is CNc1cc([C@H]2CCCN2C(=O)c2scnc2C)nc(C)n1. The van der Waals surface area contributed by atoms with Gasteiger partial charge in [-0.1, -0.05) is 0 Å². The molecular formula is C15H19N5OS. The molecule has 1 amide bonds. The van der Waals surface area contributed by atoms with Crippen LogP contribution in [0.2, 0.25) is 0 Å². The molecule has 0 radical (unpaired) electrons. The molecule has 3 rings (SSSR count). The molecule has 7 heteroatoms. The predicted octanol–water partition coefficient (Wildman–Crippen LogP) is 2.57. The van der Waals surface area contributed by atoms with Crippen LogP contribution in [0.5, 0.6) is 0 Å². The van der Waals surface area contributed by atoms with E-state index in [1.54, 1.807) is 5.51 Å². The number of carbonyl (C=O) groups is 1. The van der Waals surface area contributed by atoms with E-state index in [-0.39, 0.29) is 11.9 Å². The maximum Gasteiger partial charge on any atom is 0.266 e. The topological polar surface area (TPSA) is 71.0 Å². The van der Waals surface area contributed by atoms with E-state index in [1.165, 1.54) is 11.3 Å². The predicted molar refractivity (Wildman–Crippen MR) is 86.2 cm³/mol. The van der Waals surface area contributed by atoms with Gasteiger partial charge in [-0.25, -0.2) is 15.0 Å². The molecule has 22 heavy (non-hydrogen) atoms. The van der Waals surface area contributed by atoms with Gasteiger partial charge < -0.3 is 10.2 Å². The molecular weight excluding hydrogens is 298 g/mol. The first-order valence-electron chi connectivity index (χ1n) is 7.34. The first kappa shape index (κ1) is 14.9. The minimum absolute atomic E-state index is 0.0165. The minimum atomic E-state index is 0.0165. The van der Waals surface area contributed by atoms with E-state index in [4.69, 9.17) is 0 Å². The fourth-order valence-corrected chi connectivity index (χ4v) is 3.60. The maximum absolute atomic E-state index is 12.8. The van der Waals surface area contributed by atoms with Crippen LogP contribution in [-0.4, -0.2) is 39.4 Å². The zero-order valence-corrected chi connectivity index (χ0v) is 13.8. The Morgan fingerprint density at radius 1 is 1.41 bits per heavy atom. The molecule has 1 N–H and O–H groups in total. The highest BCUT2D eigenvalue weighted by molar-refractivity contribution is 7.11. The van der Waals surface area contributed by atoms with E-state index in [0.29, 0.717) is 0 Å². The molecule has 0 unspecified atom stereocenters. The number of hydrogen-bond acceptors (Lipinski definition) is 6. The van der Waals surface area contributed by atoms with Crippen molar-refractivity contribution in [3.8, 4) is 0 Å². The van der Waals surface area contributed by atoms with Crippen LogP contribution in [-0.2, 0) is 0 Å². The third kappa shape index (κ3) is 2.68. The molecule has 1 aliphatic heterocycles. The second-order valence-corrected chi connectivity index (χ2v) is 6.25. The van der Waals surface area contributed by atoms with E-state index < -0.39 is 0 Å². The average molecular weight is 317 g/mol. The third-order valence-corrected chi connectivity index (χ3v) is 4.83. The molecule has 2 aromatic heterocycles. The van der Waals surface area contributed by atoms with Gasteiger partial charge in [-0.2, -0.15) is 0 Å². The Hall–Kier alpha value is -2.02. The first-order valence-corrected chi connectivity index (χ1v) is 8.22. The summed E-state index contributed by atoms with van der Waals surface area (Å²) in [6.07, 6.45) is 1.93. The Kier molecular flexibility index (Phi) is 4.06. The molecule has 1 aliphatic rings. The number of thiazole rings is 1. The zero-order chi connectivity index (χ0) is 15.7. The van der Waals surface area contributed by atoms with Gasteiger partial charge in [0, 0.05) is 19.7 Å². The molecule has 3 heterocycles. The molecule has 116 valence electrons. The number of likely N-dealkylation sites (tertiary alicyclic amines) is 1. The molecule has 0 aromatic carbocycles. The van der Waals surface area contributed by atoms with Crippen molar-refractivity contribution in [2.24, 2.45) is 0 Å². The van der Waals surface area contributed by atoms with Crippen molar-refractivity contribution in [1.82, 2.24) is 19.9 Å². The second-order valence-electron chi connectivity index (χ2n) is 5.40. The summed E-state index contributed by atoms with van der Waals surface area (Å²) < 4.78 is 0. The molecule has 1 saturated heterocycles. The number of hydrogen-bond donors (Lipinski definition) is 1. The van der Waals surface area contributed by atoms with Crippen molar-refractivity contribution in [3.05, 3.63) is 33.7 Å². The van der Waals surface area contributed by atoms with Gasteiger partial charge in [0.05, 0.1) is 22.9 Å². The van der Waals surface area contributed by atoms with E-state index in [1.807, 2.05) is 31.9 Å². The van der Waals surface area contributed by atoms with Crippen LogP contribution < -0.4 is 5.32 Å². The summed E-state index contributed by atoms with van der Waals surface area (Å²) in [6, 6.07) is 1.95. The van der Waals surface area contributed by atoms with Crippen molar-refractivity contribution in [2.45, 2.75) is 32.7 Å². The van der Waals surface area contributed by atoms with Gasteiger partial charge >= 0.3 is 0 Å². The molecule has 0 bridgehead atoms. The quantitative estimate of drug-likeness (QED) is 0.942. The monoisotopic (exact) mass is 317 g/mol. The number of aromatic nitrogens is 3. The van der Waals surface area contributed by atoms with Crippen LogP contribution in [0.4, 0.5) is 5.82 Å². The lowest BCUT2D eigenvalue weighted by Gasteiger charge is -2.24. The van der Waals surface area contributed by atoms with Crippen LogP contribution >= 0.6 is 11.3 Å². The van der Waals surface area contributed by atoms with Crippen molar-refractivity contribution >= 4 is 23.1 Å². The van der Waals surface area contributed by atoms with Gasteiger partial charge in [-0.05, 0) is 26.7 Å². The highest BCUT2D eigenvalue weighted by Crippen LogP contribution is 2.33. The molecule has 2 aromatic rings. The highest BCUT2D eigenvalue weighted by atomic mass is 32.1. The molecule has 0 saturated carbocycles. The number of nitrogens with one attached hydrogen (secondary N) is 1. The Labute approximate surface area is 133 Å². The number of nitrogens with zero attached hydrogens (tertiary/aromatic N) is 4. The summed E-state index contributed by atoms with van der Waals surface area (Å²) in [5.41, 5.74) is 3.43. The van der Waals surface area contributed by atoms with Gasteiger partial charge in [0.1, 0.15) is 16.5 Å². The first-order chi connectivity index (χ1) is 10.6. The van der Waals surface area contributed by atoms with E-state index in [2.05, 4.69) is 20.3 Å². The average Bonchev–Trinajstić information content (AvgIpc) is 3.14. The lowest BCUT2D eigenvalue weighted by atomic mass is 10.1. The third-order valence-electron chi connectivity index (χ3n) is 3.91. The molecule has 6 nitrogen and oxygen atoms in total. The number of rotatable bonds is 3. The summed E-state index contributed by atoms with van der Waals surface area (Å²) in [7, 11) is 1.84. The lowest BCUT2D eigenvalue weighted by Crippen LogP contribution is -2.31. The summed E-state index contributed by atoms with van der Waals surface area (Å²) in [5.74, 6) is 1.57. The van der Waals surface area contributed by atoms with Crippen molar-refractivity contribution in [3.63, 3.8) is 0 Å². The van der Waals surface area contributed by atoms with E-state index in [0.717, 1.165) is 47.3 Å². The van der Waals surface area contributed by atoms with Gasteiger partial charge in [0.25, 0.3) is 5.91 Å². The fraction of sp³-hybridized carbons (Fsp3) is 0.467. The van der Waals surface area contributed by atoms with Gasteiger partial charge in [-0.3, -0.25) is 4.79 Å². The Balaban J connectivity index is 1.92. The maximum atomic E-state index is 12.8. The van der Waals surface area contributed by atoms with Crippen LogP contribution in [0.3, 0.4) is 0 Å². The smallest absolute Gasteiger partial charge is 0.266 e. The molecule has 0 spiro atoms. The number of carbonyl (C=O) groups excluding carboxylic acids is 1. The zero-order valence-electron chi connectivity index (χ0n) is 13.0. The molecule has 1 atom stereocenters. The van der Waals surface area contributed by atoms with Crippen LogP contribution in [0.15, 0.2) is 11.6 Å². The van der Waals surface area contributed by atoms with E-state index >= 15 is 0 Å². The number of amides is 1. The summed E-state index contributed by atoms with van der Waals surface area (Å²) in [6.45, 7) is 4.51. The van der Waals surface area contributed by atoms with Gasteiger partial charge in [0.15, 0.2) is 0 Å². The van der Waals surface area contributed by atoms with Crippen molar-refractivity contribution in [1.29, 1.82) is 0 Å². The van der Waals surface area contributed by atoms with Crippen LogP contribution in [0.25, 0.3) is 0 Å². The Morgan fingerprint density at radius 2 is 2.23 bits per heavy atom. The Bertz CT molecular complexity index is 699. The standard InChI is InChI=1S/C15H19N5OS/c1-9-14(22-8-17-9)15(21)20-6-4-5-12(20)11-7-13(16-3)19-10(2)18-11/h7-8,12H,4-6H2,1-3H3,(H,16,18,19)/t12-/m1/s1. The van der Waals surface area contributed by atoms with Crippen molar-refractivity contribution < 1.29 is 4.79 Å². The van der Waals surface area contributed by atoms with Crippen LogP contribution in [0.1, 0.15) is 45.8 Å². The number of aryl methyl sites for hydroxylation is 2. The number of anilines is 1. The minimum Gasteiger partial charge on any atom is -0.373 e.